The summed E-state index contributed by atoms with van der Waals surface area (Å²) < 4.78 is 0. The highest BCUT2D eigenvalue weighted by molar-refractivity contribution is 7.98. The molecule has 0 spiro atoms. The number of aromatic nitrogens is 1. The molecule has 112 heavy (non-hydrogen) atoms. The number of amides is 6. The molecule has 2 aromatic carbocycles. The number of carboxylic acids is 1. The summed E-state index contributed by atoms with van der Waals surface area (Å²) in [6.45, 7) is 11.7. The van der Waals surface area contributed by atoms with Gasteiger partial charge < -0.3 is 76.2 Å². The van der Waals surface area contributed by atoms with E-state index in [0.29, 0.717) is 76.6 Å². The van der Waals surface area contributed by atoms with Crippen LogP contribution in [-0.2, 0) is 70.4 Å². The first-order chi connectivity index (χ1) is 53.4. The number of hydrogen-bond donors (Lipinski definition) is 14. The Kier molecular flexibility index (Phi) is 51.0. The molecule has 0 fully saturated rings. The second kappa shape index (κ2) is 57.5. The summed E-state index contributed by atoms with van der Waals surface area (Å²) in [5.74, 6) is -10.7. The molecule has 29 heteroatoms. The Morgan fingerprint density at radius 2 is 1.02 bits per heavy atom. The zero-order chi connectivity index (χ0) is 83.5. The number of thioether (sulfide) groups is 1. The van der Waals surface area contributed by atoms with Gasteiger partial charge in [-0.1, -0.05) is 173 Å². The number of carboxylic acid groups (broad SMARTS) is 1. The molecular weight excluding hydrogens is 1450 g/mol. The fourth-order valence-corrected chi connectivity index (χ4v) is 14.0. The molecule has 628 valence electrons. The Balaban J connectivity index is 0.000000780. The second-order valence-corrected chi connectivity index (χ2v) is 31.0. The quantitative estimate of drug-likeness (QED) is 0.0144. The number of guanidine groups is 2. The summed E-state index contributed by atoms with van der Waals surface area (Å²) in [4.78, 5) is 170. The summed E-state index contributed by atoms with van der Waals surface area (Å²) in [5.41, 5.74) is 35.7. The second-order valence-electron chi connectivity index (χ2n) is 30.0. The first-order valence-corrected chi connectivity index (χ1v) is 41.9. The molecule has 12 atom stereocenters. The first kappa shape index (κ1) is 99.5. The number of benzene rings is 2. The number of aliphatic carboxylic acids is 1. The van der Waals surface area contributed by atoms with Gasteiger partial charge in [0, 0.05) is 112 Å². The number of aliphatic hydroxyl groups is 1. The number of aromatic amines is 1. The van der Waals surface area contributed by atoms with Gasteiger partial charge in [0.05, 0.1) is 36.6 Å². The van der Waals surface area contributed by atoms with Crippen molar-refractivity contribution in [2.24, 2.45) is 85.8 Å². The highest BCUT2D eigenvalue weighted by atomic mass is 32.2. The fraction of sp³-hybridized carbons (Fsp3) is 0.663. The molecule has 0 radical (unpaired) electrons. The van der Waals surface area contributed by atoms with E-state index in [1.807, 2.05) is 87.8 Å². The van der Waals surface area contributed by atoms with Crippen molar-refractivity contribution in [2.45, 2.75) is 271 Å². The molecule has 6 amide bonds. The van der Waals surface area contributed by atoms with Gasteiger partial charge in [0.2, 0.25) is 35.4 Å². The summed E-state index contributed by atoms with van der Waals surface area (Å²) in [7, 11) is 1.44. The van der Waals surface area contributed by atoms with Crippen LogP contribution in [0.3, 0.4) is 0 Å². The van der Waals surface area contributed by atoms with Crippen LogP contribution in [0.5, 0.6) is 0 Å². The number of nitrogens with two attached hydrogens (primary N) is 6. The molecular formula is C83H136N14O14S. The number of aliphatic hydroxyl groups excluding tert-OH is 1. The Labute approximate surface area is 668 Å². The van der Waals surface area contributed by atoms with Crippen LogP contribution in [0.2, 0.25) is 0 Å². The first-order valence-electron chi connectivity index (χ1n) is 40.5. The lowest BCUT2D eigenvalue weighted by Gasteiger charge is -2.26. The third-order valence-electron chi connectivity index (χ3n) is 20.6. The summed E-state index contributed by atoms with van der Waals surface area (Å²) in [5, 5.41) is 34.3. The topological polar surface area (TPSA) is 502 Å². The zero-order valence-electron chi connectivity index (χ0n) is 68.0. The summed E-state index contributed by atoms with van der Waals surface area (Å²) >= 11 is 1.53. The van der Waals surface area contributed by atoms with E-state index >= 15 is 0 Å². The van der Waals surface area contributed by atoms with Crippen molar-refractivity contribution in [1.29, 1.82) is 0 Å². The molecule has 3 aromatic rings. The van der Waals surface area contributed by atoms with Crippen LogP contribution in [0.15, 0.2) is 70.8 Å². The van der Waals surface area contributed by atoms with E-state index in [2.05, 4.69) is 48.5 Å². The van der Waals surface area contributed by atoms with Crippen molar-refractivity contribution in [3.05, 3.63) is 71.9 Å². The number of nitrogens with one attached hydrogen (secondary N) is 6. The van der Waals surface area contributed by atoms with E-state index in [9.17, 15) is 67.7 Å². The monoisotopic (exact) mass is 1590 g/mol. The number of carbonyl (C=O) groups is 12. The SMILES string of the molecule is CCCCCCCCCCCCCCCC(=O)N[C@H](C(=O)C[C@@H](CC(=O)O)C(=O)N[C@@H](CCCN=C(N)N)C(=O)C[C@@H](C)C(=O)NC)[C@@H](C)O.CC[C@H](C)[C@H](CC(=O)[C@H](Cc1ccccc1)NC(=O)[C@H](CCSC)CC(=O)[C@H](Cc1c[nH]c2ccccc12)NC(=O)[C@H](CCCCN)CC(=O)[C@@H](C)CCCN=C(N)N)C(N)=O. The molecule has 0 bridgehead atoms. The van der Waals surface area contributed by atoms with Crippen LogP contribution in [0, 0.1) is 41.4 Å². The minimum absolute atomic E-state index is 0.00288. The van der Waals surface area contributed by atoms with Crippen LogP contribution in [0.1, 0.15) is 239 Å². The van der Waals surface area contributed by atoms with Crippen molar-refractivity contribution in [2.75, 3.05) is 38.7 Å². The lowest BCUT2D eigenvalue weighted by atomic mass is 9.84. The number of Topliss-reactive ketones (excluding diaryl/α,β-unsaturated/α-hetero) is 5. The number of hydrogen-bond acceptors (Lipinski definition) is 17. The maximum Gasteiger partial charge on any atom is 0.304 e. The van der Waals surface area contributed by atoms with Gasteiger partial charge in [-0.3, -0.25) is 67.5 Å². The van der Waals surface area contributed by atoms with E-state index in [1.54, 1.807) is 6.92 Å². The molecule has 1 aromatic heterocycles. The number of aliphatic imine (C=N–C) groups is 2. The molecule has 0 aliphatic rings. The largest absolute Gasteiger partial charge is 0.481 e. The molecule has 0 saturated carbocycles. The third-order valence-corrected chi connectivity index (χ3v) is 21.3. The molecule has 0 unspecified atom stereocenters. The van der Waals surface area contributed by atoms with E-state index in [0.717, 1.165) is 41.3 Å². The van der Waals surface area contributed by atoms with Crippen molar-refractivity contribution in [3.8, 4) is 0 Å². The number of para-hydroxylation sites is 1. The smallest absolute Gasteiger partial charge is 0.304 e. The number of unbranched alkanes of at least 4 members (excludes halogenated alkanes) is 13. The number of rotatable bonds is 62. The highest BCUT2D eigenvalue weighted by Gasteiger charge is 2.37. The maximum absolute atomic E-state index is 14.6. The molecule has 3 rings (SSSR count). The van der Waals surface area contributed by atoms with Crippen LogP contribution in [0.4, 0.5) is 0 Å². The standard InChI is InChI=1S/C47H70N8O6S.C36H66N6O8/c1-5-30(2)37(44(49)59)28-43(58)39(24-32-15-7-6-8-16-32)54-46(61)34(20-23-62-4)27-42(57)40(25-35-29-53-38-19-10-9-18-36(35)38)55-45(60)33(17-11-12-21-48)26-41(56)31(3)14-13-22-52-47(50)51;1-5-6-7-8-9-10-11-12-13-14-15-16-17-20-31(46)42-33(26(3)43)30(45)23-27(24-32(47)48)35(50)41-28(19-18-21-40-36(37)38)29(44)22-25(2)34(49)39-4/h6-10,15-16,18-19,29-31,33-34,37,39-40,53H,5,11-14,17,20-28,48H2,1-4H3,(H2,49,59)(H,54,61)(H,55,60)(H4,50,51,52);25-28,33,43H,5-24H2,1-4H3,(H,39,49)(H,41,50)(H,42,46)(H,47,48)(H4,37,38,40)/t30-,31-,33+,34+,37-,39-,40-;25-,26-,27+,28+,33+/m01/s1. The summed E-state index contributed by atoms with van der Waals surface area (Å²) in [6.07, 6.45) is 20.5. The molecule has 0 aliphatic carbocycles. The number of ketones is 5. The average molecular weight is 1590 g/mol. The summed E-state index contributed by atoms with van der Waals surface area (Å²) in [6, 6.07) is 12.5. The van der Waals surface area contributed by atoms with Gasteiger partial charge in [-0.15, -0.1) is 0 Å². The van der Waals surface area contributed by atoms with E-state index in [4.69, 9.17) is 34.4 Å². The van der Waals surface area contributed by atoms with Gasteiger partial charge >= 0.3 is 5.97 Å². The minimum Gasteiger partial charge on any atom is -0.481 e. The van der Waals surface area contributed by atoms with Crippen molar-refractivity contribution in [3.63, 3.8) is 0 Å². The normalized spacial score (nSPS) is 14.4. The Hall–Kier alpha value is -8.57. The van der Waals surface area contributed by atoms with Crippen LogP contribution in [-0.4, -0.2) is 166 Å². The minimum atomic E-state index is -1.39. The van der Waals surface area contributed by atoms with Gasteiger partial charge in [-0.25, -0.2) is 0 Å². The van der Waals surface area contributed by atoms with Gasteiger partial charge in [-0.2, -0.15) is 11.8 Å². The molecule has 0 aliphatic heterocycles. The van der Waals surface area contributed by atoms with E-state index in [-0.39, 0.29) is 105 Å². The van der Waals surface area contributed by atoms with Crippen LogP contribution < -0.4 is 61.0 Å². The van der Waals surface area contributed by atoms with Gasteiger partial charge in [-0.05, 0) is 106 Å². The van der Waals surface area contributed by atoms with Gasteiger partial charge in [0.25, 0.3) is 0 Å². The van der Waals surface area contributed by atoms with Gasteiger partial charge in [0.15, 0.2) is 35.1 Å². The van der Waals surface area contributed by atoms with Crippen LogP contribution >= 0.6 is 11.8 Å². The average Bonchev–Trinajstić information content (AvgIpc) is 1.64. The highest BCUT2D eigenvalue weighted by Crippen LogP contribution is 2.27. The number of nitrogens with zero attached hydrogens (tertiary/aromatic N) is 2. The fourth-order valence-electron chi connectivity index (χ4n) is 13.5. The van der Waals surface area contributed by atoms with Crippen molar-refractivity contribution >= 4 is 105 Å². The molecule has 1 heterocycles. The Bertz CT molecular complexity index is 3420. The lowest BCUT2D eigenvalue weighted by Crippen LogP contribution is -2.50. The number of carbonyl (C=O) groups excluding carboxylic acids is 11. The van der Waals surface area contributed by atoms with Gasteiger partial charge in [0.1, 0.15) is 11.8 Å². The van der Waals surface area contributed by atoms with Crippen molar-refractivity contribution < 1.29 is 67.7 Å². The predicted octanol–water partition coefficient (Wildman–Crippen LogP) is 8.02. The predicted molar refractivity (Wildman–Crippen MR) is 443 cm³/mol. The van der Waals surface area contributed by atoms with Crippen LogP contribution in [0.25, 0.3) is 10.9 Å². The molecule has 0 saturated heterocycles. The van der Waals surface area contributed by atoms with E-state index < -0.39 is 120 Å². The maximum atomic E-state index is 14.6. The Morgan fingerprint density at radius 1 is 0.509 bits per heavy atom. The van der Waals surface area contributed by atoms with E-state index in [1.165, 1.54) is 83.5 Å². The number of fused-ring (bicyclic) bond motifs is 1. The Morgan fingerprint density at radius 3 is 1.56 bits per heavy atom. The lowest BCUT2D eigenvalue weighted by molar-refractivity contribution is -0.143. The number of H-pyrrole nitrogens is 1. The zero-order valence-corrected chi connectivity index (χ0v) is 68.8. The molecule has 20 N–H and O–H groups in total. The molecule has 28 nitrogen and oxygen atoms in total. The third kappa shape index (κ3) is 41.3. The number of primary amides is 1. The van der Waals surface area contributed by atoms with Crippen molar-refractivity contribution in [1.82, 2.24) is 31.6 Å².